The van der Waals surface area contributed by atoms with Gasteiger partial charge in [0.25, 0.3) is 5.56 Å². The van der Waals surface area contributed by atoms with E-state index >= 15 is 0 Å². The van der Waals surface area contributed by atoms with Crippen molar-refractivity contribution in [2.75, 3.05) is 6.61 Å². The number of aromatic nitrogens is 1. The molecule has 1 aromatic heterocycles. The summed E-state index contributed by atoms with van der Waals surface area (Å²) in [7, 11) is 0. The lowest BCUT2D eigenvalue weighted by Crippen LogP contribution is -2.30. The van der Waals surface area contributed by atoms with E-state index in [9.17, 15) is 4.79 Å². The molecule has 0 aromatic carbocycles. The zero-order valence-electron chi connectivity index (χ0n) is 8.56. The van der Waals surface area contributed by atoms with Crippen LogP contribution in [0.4, 0.5) is 0 Å². The number of rotatable bonds is 4. The zero-order valence-corrected chi connectivity index (χ0v) is 9.38. The van der Waals surface area contributed by atoms with Crippen LogP contribution in [0.15, 0.2) is 16.9 Å². The van der Waals surface area contributed by atoms with Crippen LogP contribution in [0, 0.1) is 6.92 Å². The SMILES string of the molecule is Cc1ccc(C(N)=S)c(=O)n1CCCO. The lowest BCUT2D eigenvalue weighted by atomic mass is 10.2. The molecule has 0 bridgehead atoms. The Morgan fingerprint density at radius 3 is 2.80 bits per heavy atom. The number of nitrogens with two attached hydrogens (primary N) is 1. The predicted molar refractivity (Wildman–Crippen MR) is 63.0 cm³/mol. The van der Waals surface area contributed by atoms with Gasteiger partial charge in [0.2, 0.25) is 0 Å². The zero-order chi connectivity index (χ0) is 11.4. The molecular formula is C10H14N2O2S. The number of hydrogen-bond donors (Lipinski definition) is 2. The topological polar surface area (TPSA) is 68.2 Å². The number of aliphatic hydroxyl groups excluding tert-OH is 1. The number of aliphatic hydroxyl groups is 1. The van der Waals surface area contributed by atoms with Crippen LogP contribution >= 0.6 is 12.2 Å². The quantitative estimate of drug-likeness (QED) is 0.718. The highest BCUT2D eigenvalue weighted by Gasteiger charge is 2.07. The molecule has 1 aromatic rings. The molecule has 15 heavy (non-hydrogen) atoms. The number of aryl methyl sites for hydroxylation is 1. The van der Waals surface area contributed by atoms with Crippen molar-refractivity contribution < 1.29 is 5.11 Å². The highest BCUT2D eigenvalue weighted by atomic mass is 32.1. The average molecular weight is 226 g/mol. The predicted octanol–water partition coefficient (Wildman–Crippen LogP) is 0.173. The Balaban J connectivity index is 3.18. The first-order chi connectivity index (χ1) is 7.07. The molecule has 0 radical (unpaired) electrons. The number of thiocarbonyl (C=S) groups is 1. The lowest BCUT2D eigenvalue weighted by Gasteiger charge is -2.10. The normalized spacial score (nSPS) is 10.3. The van der Waals surface area contributed by atoms with Crippen molar-refractivity contribution in [1.29, 1.82) is 0 Å². The van der Waals surface area contributed by atoms with Crippen molar-refractivity contribution in [2.24, 2.45) is 5.73 Å². The van der Waals surface area contributed by atoms with Gasteiger partial charge < -0.3 is 15.4 Å². The van der Waals surface area contributed by atoms with Gasteiger partial charge in [-0.3, -0.25) is 4.79 Å². The summed E-state index contributed by atoms with van der Waals surface area (Å²) in [4.78, 5) is 12.0. The van der Waals surface area contributed by atoms with E-state index in [1.807, 2.05) is 6.92 Å². The molecule has 0 aliphatic heterocycles. The number of nitrogens with zero attached hydrogens (tertiary/aromatic N) is 1. The minimum absolute atomic E-state index is 0.0587. The number of hydrogen-bond acceptors (Lipinski definition) is 3. The van der Waals surface area contributed by atoms with E-state index in [-0.39, 0.29) is 17.2 Å². The van der Waals surface area contributed by atoms with E-state index in [0.717, 1.165) is 5.69 Å². The second-order valence-electron chi connectivity index (χ2n) is 3.29. The van der Waals surface area contributed by atoms with Crippen molar-refractivity contribution in [3.05, 3.63) is 33.7 Å². The van der Waals surface area contributed by atoms with Crippen LogP contribution < -0.4 is 11.3 Å². The summed E-state index contributed by atoms with van der Waals surface area (Å²) in [5.41, 5.74) is 6.44. The summed E-state index contributed by atoms with van der Waals surface area (Å²) in [6, 6.07) is 3.43. The smallest absolute Gasteiger partial charge is 0.260 e. The van der Waals surface area contributed by atoms with E-state index < -0.39 is 0 Å². The highest BCUT2D eigenvalue weighted by Crippen LogP contribution is 1.99. The first-order valence-corrected chi connectivity index (χ1v) is 5.10. The Bertz CT molecular complexity index is 426. The van der Waals surface area contributed by atoms with E-state index in [1.54, 1.807) is 16.7 Å². The van der Waals surface area contributed by atoms with E-state index in [1.165, 1.54) is 0 Å². The maximum absolute atomic E-state index is 11.9. The highest BCUT2D eigenvalue weighted by molar-refractivity contribution is 7.80. The maximum atomic E-state index is 11.9. The van der Waals surface area contributed by atoms with Gasteiger partial charge in [-0.15, -0.1) is 0 Å². The van der Waals surface area contributed by atoms with Gasteiger partial charge in [0.1, 0.15) is 4.99 Å². The van der Waals surface area contributed by atoms with Gasteiger partial charge in [0.15, 0.2) is 0 Å². The van der Waals surface area contributed by atoms with Crippen LogP contribution in [0.25, 0.3) is 0 Å². The Morgan fingerprint density at radius 1 is 1.60 bits per heavy atom. The molecule has 1 rings (SSSR count). The van der Waals surface area contributed by atoms with Crippen molar-refractivity contribution >= 4 is 17.2 Å². The molecule has 0 saturated carbocycles. The van der Waals surface area contributed by atoms with Crippen molar-refractivity contribution in [1.82, 2.24) is 4.57 Å². The van der Waals surface area contributed by atoms with Crippen LogP contribution in [-0.2, 0) is 6.54 Å². The van der Waals surface area contributed by atoms with Crippen LogP contribution in [-0.4, -0.2) is 21.3 Å². The summed E-state index contributed by atoms with van der Waals surface area (Å²) in [6.07, 6.45) is 0.543. The molecule has 0 spiro atoms. The molecule has 0 aliphatic carbocycles. The Labute approximate surface area is 93.3 Å². The summed E-state index contributed by atoms with van der Waals surface area (Å²) in [6.45, 7) is 2.38. The molecule has 5 heteroatoms. The number of pyridine rings is 1. The molecule has 0 atom stereocenters. The first-order valence-electron chi connectivity index (χ1n) is 4.69. The fourth-order valence-corrected chi connectivity index (χ4v) is 1.52. The standard InChI is InChI=1S/C10H14N2O2S/c1-7-3-4-8(9(11)15)10(14)12(7)5-2-6-13/h3-4,13H,2,5-6H2,1H3,(H2,11,15). The average Bonchev–Trinajstić information content (AvgIpc) is 2.17. The minimum Gasteiger partial charge on any atom is -0.396 e. The van der Waals surface area contributed by atoms with Gasteiger partial charge in [-0.1, -0.05) is 12.2 Å². The van der Waals surface area contributed by atoms with Gasteiger partial charge >= 0.3 is 0 Å². The second kappa shape index (κ2) is 5.04. The summed E-state index contributed by atoms with van der Waals surface area (Å²) in [5.74, 6) is 0. The molecular weight excluding hydrogens is 212 g/mol. The van der Waals surface area contributed by atoms with E-state index in [2.05, 4.69) is 0 Å². The third kappa shape index (κ3) is 2.64. The summed E-state index contributed by atoms with van der Waals surface area (Å²) >= 11 is 4.78. The summed E-state index contributed by atoms with van der Waals surface area (Å²) in [5, 5.41) is 8.72. The van der Waals surface area contributed by atoms with E-state index in [4.69, 9.17) is 23.1 Å². The van der Waals surface area contributed by atoms with Gasteiger partial charge in [0.05, 0.1) is 5.56 Å². The molecule has 0 aliphatic rings. The Morgan fingerprint density at radius 2 is 2.27 bits per heavy atom. The molecule has 0 fully saturated rings. The van der Waals surface area contributed by atoms with Crippen LogP contribution in [0.5, 0.6) is 0 Å². The lowest BCUT2D eigenvalue weighted by molar-refractivity contribution is 0.278. The molecule has 0 unspecified atom stereocenters. The Hall–Kier alpha value is -1.20. The van der Waals surface area contributed by atoms with Crippen LogP contribution in [0.2, 0.25) is 0 Å². The second-order valence-corrected chi connectivity index (χ2v) is 3.73. The first kappa shape index (κ1) is 11.9. The van der Waals surface area contributed by atoms with Crippen molar-refractivity contribution in [3.63, 3.8) is 0 Å². The maximum Gasteiger partial charge on any atom is 0.260 e. The monoisotopic (exact) mass is 226 g/mol. The Kier molecular flexibility index (Phi) is 3.99. The van der Waals surface area contributed by atoms with Gasteiger partial charge in [-0.2, -0.15) is 0 Å². The molecule has 0 saturated heterocycles. The third-order valence-corrected chi connectivity index (χ3v) is 2.42. The largest absolute Gasteiger partial charge is 0.396 e. The van der Waals surface area contributed by atoms with Crippen molar-refractivity contribution in [3.8, 4) is 0 Å². The molecule has 1 heterocycles. The minimum atomic E-state index is -0.184. The third-order valence-electron chi connectivity index (χ3n) is 2.20. The molecule has 82 valence electrons. The van der Waals surface area contributed by atoms with Crippen molar-refractivity contribution in [2.45, 2.75) is 19.9 Å². The van der Waals surface area contributed by atoms with E-state index in [0.29, 0.717) is 18.5 Å². The fourth-order valence-electron chi connectivity index (χ4n) is 1.37. The fraction of sp³-hybridized carbons (Fsp3) is 0.400. The van der Waals surface area contributed by atoms with Crippen LogP contribution in [0.3, 0.4) is 0 Å². The molecule has 3 N–H and O–H groups in total. The van der Waals surface area contributed by atoms with Gasteiger partial charge in [0, 0.05) is 18.8 Å². The molecule has 0 amide bonds. The van der Waals surface area contributed by atoms with Gasteiger partial charge in [-0.05, 0) is 25.5 Å². The molecule has 4 nitrogen and oxygen atoms in total. The summed E-state index contributed by atoms with van der Waals surface area (Å²) < 4.78 is 1.57. The van der Waals surface area contributed by atoms with Crippen LogP contribution in [0.1, 0.15) is 17.7 Å². The van der Waals surface area contributed by atoms with Gasteiger partial charge in [-0.25, -0.2) is 0 Å².